The molecule has 1 aliphatic rings. The number of rotatable bonds is 2. The fourth-order valence-corrected chi connectivity index (χ4v) is 2.56. The molecule has 0 heterocycles. The SMILES string of the molecule is Cc1ccc(C)c(OC2CCCCCC2C#N)c1. The minimum absolute atomic E-state index is 0.0485. The van der Waals surface area contributed by atoms with Crippen LogP contribution in [0.5, 0.6) is 5.75 Å². The minimum Gasteiger partial charge on any atom is -0.489 e. The lowest BCUT2D eigenvalue weighted by molar-refractivity contribution is 0.151. The van der Waals surface area contributed by atoms with Crippen LogP contribution in [-0.4, -0.2) is 6.10 Å². The van der Waals surface area contributed by atoms with Crippen LogP contribution >= 0.6 is 0 Å². The first-order valence-corrected chi connectivity index (χ1v) is 6.84. The van der Waals surface area contributed by atoms with Crippen LogP contribution in [0.2, 0.25) is 0 Å². The summed E-state index contributed by atoms with van der Waals surface area (Å²) in [7, 11) is 0. The predicted octanol–water partition coefficient (Wildman–Crippen LogP) is 4.15. The number of benzene rings is 1. The number of hydrogen-bond donors (Lipinski definition) is 0. The van der Waals surface area contributed by atoms with E-state index in [1.165, 1.54) is 18.4 Å². The van der Waals surface area contributed by atoms with Crippen molar-refractivity contribution in [1.82, 2.24) is 0 Å². The van der Waals surface area contributed by atoms with Gasteiger partial charge in [-0.3, -0.25) is 0 Å². The van der Waals surface area contributed by atoms with Crippen LogP contribution in [0.25, 0.3) is 0 Å². The van der Waals surface area contributed by atoms with Crippen LogP contribution in [0.3, 0.4) is 0 Å². The normalized spacial score (nSPS) is 24.1. The van der Waals surface area contributed by atoms with Gasteiger partial charge in [0.15, 0.2) is 0 Å². The summed E-state index contributed by atoms with van der Waals surface area (Å²) in [5.41, 5.74) is 2.36. The molecule has 1 aliphatic carbocycles. The highest BCUT2D eigenvalue weighted by Crippen LogP contribution is 2.29. The maximum absolute atomic E-state index is 9.26. The molecule has 2 atom stereocenters. The molecule has 0 aromatic heterocycles. The number of ether oxygens (including phenoxy) is 1. The Labute approximate surface area is 110 Å². The van der Waals surface area contributed by atoms with Gasteiger partial charge in [0.1, 0.15) is 11.9 Å². The van der Waals surface area contributed by atoms with E-state index in [2.05, 4.69) is 38.1 Å². The Balaban J connectivity index is 2.15. The fraction of sp³-hybridized carbons (Fsp3) is 0.562. The largest absolute Gasteiger partial charge is 0.489 e. The molecule has 0 amide bonds. The molecule has 1 saturated carbocycles. The molecule has 0 radical (unpaired) electrons. The standard InChI is InChI=1S/C16H21NO/c1-12-8-9-13(2)16(10-12)18-15-7-5-3-4-6-14(15)11-17/h8-10,14-15H,3-7H2,1-2H3. The fourth-order valence-electron chi connectivity index (χ4n) is 2.56. The Morgan fingerprint density at radius 2 is 1.94 bits per heavy atom. The molecule has 2 unspecified atom stereocenters. The monoisotopic (exact) mass is 243 g/mol. The van der Waals surface area contributed by atoms with Gasteiger partial charge in [0.25, 0.3) is 0 Å². The third kappa shape index (κ3) is 3.04. The van der Waals surface area contributed by atoms with Gasteiger partial charge in [-0.1, -0.05) is 25.0 Å². The number of hydrogen-bond acceptors (Lipinski definition) is 2. The van der Waals surface area contributed by atoms with Crippen molar-refractivity contribution >= 4 is 0 Å². The molecule has 0 bridgehead atoms. The molecule has 0 N–H and O–H groups in total. The average Bonchev–Trinajstić information content (AvgIpc) is 2.59. The van der Waals surface area contributed by atoms with Gasteiger partial charge < -0.3 is 4.74 Å². The number of aryl methyl sites for hydroxylation is 2. The second-order valence-corrected chi connectivity index (χ2v) is 5.30. The van der Waals surface area contributed by atoms with Crippen LogP contribution in [-0.2, 0) is 0 Å². The van der Waals surface area contributed by atoms with Crippen LogP contribution in [0, 0.1) is 31.1 Å². The molecule has 1 fully saturated rings. The average molecular weight is 243 g/mol. The van der Waals surface area contributed by atoms with Crippen molar-refractivity contribution < 1.29 is 4.74 Å². The van der Waals surface area contributed by atoms with Gasteiger partial charge >= 0.3 is 0 Å². The molecule has 2 nitrogen and oxygen atoms in total. The highest BCUT2D eigenvalue weighted by atomic mass is 16.5. The Morgan fingerprint density at radius 3 is 2.72 bits per heavy atom. The van der Waals surface area contributed by atoms with Crippen molar-refractivity contribution in [3.8, 4) is 11.8 Å². The Morgan fingerprint density at radius 1 is 1.17 bits per heavy atom. The molecule has 96 valence electrons. The van der Waals surface area contributed by atoms with Crippen LogP contribution in [0.15, 0.2) is 18.2 Å². The molecule has 1 aromatic carbocycles. The second-order valence-electron chi connectivity index (χ2n) is 5.30. The van der Waals surface area contributed by atoms with Crippen molar-refractivity contribution in [3.63, 3.8) is 0 Å². The second kappa shape index (κ2) is 5.91. The quantitative estimate of drug-likeness (QED) is 0.731. The summed E-state index contributed by atoms with van der Waals surface area (Å²) < 4.78 is 6.13. The zero-order valence-corrected chi connectivity index (χ0v) is 11.3. The first-order valence-electron chi connectivity index (χ1n) is 6.84. The van der Waals surface area contributed by atoms with E-state index in [1.807, 2.05) is 0 Å². The summed E-state index contributed by atoms with van der Waals surface area (Å²) in [6.07, 6.45) is 5.61. The molecule has 18 heavy (non-hydrogen) atoms. The first-order chi connectivity index (χ1) is 8.70. The van der Waals surface area contributed by atoms with Gasteiger partial charge in [0.05, 0.1) is 12.0 Å². The molecular formula is C16H21NO. The lowest BCUT2D eigenvalue weighted by atomic mass is 9.99. The molecule has 2 heteroatoms. The summed E-state index contributed by atoms with van der Waals surface area (Å²) in [6.45, 7) is 4.13. The Bertz CT molecular complexity index is 447. The lowest BCUT2D eigenvalue weighted by Gasteiger charge is -2.22. The van der Waals surface area contributed by atoms with Crippen LogP contribution in [0.4, 0.5) is 0 Å². The number of nitriles is 1. The Hall–Kier alpha value is -1.49. The van der Waals surface area contributed by atoms with Gasteiger partial charge in [-0.05, 0) is 50.3 Å². The maximum atomic E-state index is 9.26. The van der Waals surface area contributed by atoms with Gasteiger partial charge in [0, 0.05) is 0 Å². The summed E-state index contributed by atoms with van der Waals surface area (Å²) >= 11 is 0. The smallest absolute Gasteiger partial charge is 0.122 e. The zero-order chi connectivity index (χ0) is 13.0. The van der Waals surface area contributed by atoms with Crippen molar-refractivity contribution in [2.75, 3.05) is 0 Å². The minimum atomic E-state index is 0.0485. The molecule has 0 aliphatic heterocycles. The topological polar surface area (TPSA) is 33.0 Å². The molecule has 2 rings (SSSR count). The van der Waals surface area contributed by atoms with E-state index in [0.717, 1.165) is 30.6 Å². The third-order valence-corrected chi connectivity index (χ3v) is 3.74. The summed E-state index contributed by atoms with van der Waals surface area (Å²) in [5.74, 6) is 0.995. The maximum Gasteiger partial charge on any atom is 0.122 e. The molecule has 1 aromatic rings. The summed E-state index contributed by atoms with van der Waals surface area (Å²) in [6, 6.07) is 8.68. The van der Waals surface area contributed by atoms with E-state index in [0.29, 0.717) is 0 Å². The highest BCUT2D eigenvalue weighted by molar-refractivity contribution is 5.36. The Kier molecular flexibility index (Phi) is 4.25. The number of nitrogens with zero attached hydrogens (tertiary/aromatic N) is 1. The van der Waals surface area contributed by atoms with Gasteiger partial charge in [-0.25, -0.2) is 0 Å². The van der Waals surface area contributed by atoms with Crippen LogP contribution in [0.1, 0.15) is 43.2 Å². The van der Waals surface area contributed by atoms with Crippen molar-refractivity contribution in [2.45, 2.75) is 52.1 Å². The zero-order valence-electron chi connectivity index (χ0n) is 11.3. The van der Waals surface area contributed by atoms with E-state index in [-0.39, 0.29) is 12.0 Å². The van der Waals surface area contributed by atoms with Gasteiger partial charge in [-0.15, -0.1) is 0 Å². The summed E-state index contributed by atoms with van der Waals surface area (Å²) in [4.78, 5) is 0. The van der Waals surface area contributed by atoms with Gasteiger partial charge in [-0.2, -0.15) is 5.26 Å². The van der Waals surface area contributed by atoms with Crippen molar-refractivity contribution in [1.29, 1.82) is 5.26 Å². The van der Waals surface area contributed by atoms with E-state index < -0.39 is 0 Å². The van der Waals surface area contributed by atoms with E-state index in [9.17, 15) is 5.26 Å². The summed E-state index contributed by atoms with van der Waals surface area (Å²) in [5, 5.41) is 9.26. The lowest BCUT2D eigenvalue weighted by Crippen LogP contribution is -2.25. The molecular weight excluding hydrogens is 222 g/mol. The molecule has 0 spiro atoms. The van der Waals surface area contributed by atoms with Crippen molar-refractivity contribution in [3.05, 3.63) is 29.3 Å². The van der Waals surface area contributed by atoms with E-state index >= 15 is 0 Å². The van der Waals surface area contributed by atoms with E-state index in [4.69, 9.17) is 4.74 Å². The van der Waals surface area contributed by atoms with Crippen molar-refractivity contribution in [2.24, 2.45) is 5.92 Å². The highest BCUT2D eigenvalue weighted by Gasteiger charge is 2.25. The van der Waals surface area contributed by atoms with E-state index in [1.54, 1.807) is 0 Å². The third-order valence-electron chi connectivity index (χ3n) is 3.74. The first kappa shape index (κ1) is 13.0. The molecule has 0 saturated heterocycles. The predicted molar refractivity (Wildman–Crippen MR) is 72.5 cm³/mol. The van der Waals surface area contributed by atoms with Crippen LogP contribution < -0.4 is 4.74 Å². The van der Waals surface area contributed by atoms with Gasteiger partial charge in [0.2, 0.25) is 0 Å².